The summed E-state index contributed by atoms with van der Waals surface area (Å²) < 4.78 is 10.7. The van der Waals surface area contributed by atoms with Gasteiger partial charge < -0.3 is 9.47 Å². The lowest BCUT2D eigenvalue weighted by Crippen LogP contribution is -2.56. The van der Waals surface area contributed by atoms with Gasteiger partial charge in [-0.1, -0.05) is 34.1 Å². The number of hydrogen-bond donors (Lipinski definition) is 0. The van der Waals surface area contributed by atoms with Crippen molar-refractivity contribution < 1.29 is 19.1 Å². The van der Waals surface area contributed by atoms with E-state index in [0.29, 0.717) is 23.5 Å². The number of hydrogen-bond acceptors (Lipinski definition) is 4. The molecule has 0 heterocycles. The van der Waals surface area contributed by atoms with Crippen molar-refractivity contribution in [1.29, 1.82) is 0 Å². The molecule has 1 unspecified atom stereocenters. The van der Waals surface area contributed by atoms with Crippen LogP contribution in [-0.4, -0.2) is 25.8 Å². The molecular weight excluding hydrogens is 340 g/mol. The van der Waals surface area contributed by atoms with Crippen molar-refractivity contribution in [3.8, 4) is 11.5 Å². The largest absolute Gasteiger partial charge is 0.497 e. The molecule has 148 valence electrons. The molecule has 2 aliphatic rings. The first-order chi connectivity index (χ1) is 12.6. The van der Waals surface area contributed by atoms with Gasteiger partial charge in [0.05, 0.1) is 14.2 Å². The maximum Gasteiger partial charge on any atom is 0.167 e. The first-order valence-electron chi connectivity index (χ1n) is 9.94. The Morgan fingerprint density at radius 2 is 1.63 bits per heavy atom. The molecule has 4 nitrogen and oxygen atoms in total. The Hall–Kier alpha value is -1.84. The Balaban J connectivity index is 2.07. The minimum atomic E-state index is -0.305. The van der Waals surface area contributed by atoms with Crippen LogP contribution in [0.5, 0.6) is 11.5 Å². The lowest BCUT2D eigenvalue weighted by atomic mass is 9.45. The van der Waals surface area contributed by atoms with E-state index in [2.05, 4.69) is 20.8 Å². The Morgan fingerprint density at radius 3 is 2.19 bits per heavy atom. The average Bonchev–Trinajstić information content (AvgIpc) is 2.63. The van der Waals surface area contributed by atoms with E-state index in [0.717, 1.165) is 19.3 Å². The third-order valence-corrected chi connectivity index (χ3v) is 7.32. The van der Waals surface area contributed by atoms with Gasteiger partial charge in [0, 0.05) is 29.9 Å². The van der Waals surface area contributed by atoms with Gasteiger partial charge in [0.2, 0.25) is 0 Å². The summed E-state index contributed by atoms with van der Waals surface area (Å²) >= 11 is 0. The number of methoxy groups -OCH3 is 2. The third kappa shape index (κ3) is 3.28. The molecule has 0 bridgehead atoms. The molecule has 2 saturated carbocycles. The zero-order valence-electron chi connectivity index (χ0n) is 17.4. The van der Waals surface area contributed by atoms with Crippen LogP contribution in [0, 0.1) is 28.6 Å². The summed E-state index contributed by atoms with van der Waals surface area (Å²) in [6, 6.07) is 5.30. The van der Waals surface area contributed by atoms with Crippen molar-refractivity contribution in [1.82, 2.24) is 0 Å². The highest BCUT2D eigenvalue weighted by Crippen LogP contribution is 2.60. The van der Waals surface area contributed by atoms with E-state index in [1.807, 2.05) is 6.92 Å². The summed E-state index contributed by atoms with van der Waals surface area (Å²) in [6.45, 7) is 8.69. The molecule has 0 spiro atoms. The predicted molar refractivity (Wildman–Crippen MR) is 105 cm³/mol. The third-order valence-electron chi connectivity index (χ3n) is 7.32. The number of fused-ring (bicyclic) bond motifs is 1. The van der Waals surface area contributed by atoms with Crippen LogP contribution < -0.4 is 9.47 Å². The minimum absolute atomic E-state index is 0.0398. The van der Waals surface area contributed by atoms with Crippen LogP contribution in [0.4, 0.5) is 0 Å². The second kappa shape index (κ2) is 6.96. The van der Waals surface area contributed by atoms with Gasteiger partial charge in [-0.05, 0) is 41.7 Å². The molecule has 0 aliphatic heterocycles. The van der Waals surface area contributed by atoms with Crippen molar-refractivity contribution >= 4 is 11.6 Å². The number of ketones is 2. The molecule has 4 atom stereocenters. The molecule has 0 N–H and O–H groups in total. The molecule has 0 aromatic heterocycles. The van der Waals surface area contributed by atoms with Crippen molar-refractivity contribution in [2.24, 2.45) is 28.6 Å². The Kier molecular flexibility index (Phi) is 5.13. The molecule has 4 heteroatoms. The van der Waals surface area contributed by atoms with Gasteiger partial charge in [0.25, 0.3) is 0 Å². The lowest BCUT2D eigenvalue weighted by Gasteiger charge is -2.57. The van der Waals surface area contributed by atoms with E-state index in [1.54, 1.807) is 32.4 Å². The topological polar surface area (TPSA) is 52.6 Å². The van der Waals surface area contributed by atoms with Gasteiger partial charge in [0.1, 0.15) is 17.3 Å². The summed E-state index contributed by atoms with van der Waals surface area (Å²) in [5.41, 5.74) is 0.483. The van der Waals surface area contributed by atoms with Crippen molar-refractivity contribution in [2.75, 3.05) is 14.2 Å². The van der Waals surface area contributed by atoms with Gasteiger partial charge in [-0.25, -0.2) is 0 Å². The fourth-order valence-electron chi connectivity index (χ4n) is 5.85. The Labute approximate surface area is 162 Å². The highest BCUT2D eigenvalue weighted by Gasteiger charge is 2.58. The van der Waals surface area contributed by atoms with Crippen LogP contribution in [-0.2, 0) is 4.79 Å². The number of carbonyl (C=O) groups is 2. The average molecular weight is 373 g/mol. The van der Waals surface area contributed by atoms with Crippen molar-refractivity contribution in [3.63, 3.8) is 0 Å². The molecule has 0 amide bonds. The van der Waals surface area contributed by atoms with Crippen LogP contribution in [0.25, 0.3) is 0 Å². The Bertz CT molecular complexity index is 728. The SMILES string of the molecule is COc1cc(OC)cc(C(=O)[C@H]2[C@H](C)C(=O)CC3C(C)(C)CCC[C@@]32C)c1. The molecular formula is C23H32O4. The van der Waals surface area contributed by atoms with Gasteiger partial charge in [0.15, 0.2) is 5.78 Å². The fraction of sp³-hybridized carbons (Fsp3) is 0.652. The van der Waals surface area contributed by atoms with E-state index in [1.165, 1.54) is 0 Å². The van der Waals surface area contributed by atoms with Crippen molar-refractivity contribution in [3.05, 3.63) is 23.8 Å². The summed E-state index contributed by atoms with van der Waals surface area (Å²) in [7, 11) is 3.16. The number of carbonyl (C=O) groups excluding carboxylic acids is 2. The fourth-order valence-corrected chi connectivity index (χ4v) is 5.85. The second-order valence-corrected chi connectivity index (χ2v) is 9.30. The van der Waals surface area contributed by atoms with Crippen LogP contribution in [0.15, 0.2) is 18.2 Å². The van der Waals surface area contributed by atoms with E-state index in [9.17, 15) is 9.59 Å². The maximum atomic E-state index is 13.7. The molecule has 2 fully saturated rings. The zero-order chi connectivity index (χ0) is 20.0. The van der Waals surface area contributed by atoms with Crippen molar-refractivity contribution in [2.45, 2.75) is 53.4 Å². The molecule has 1 aromatic carbocycles. The lowest BCUT2D eigenvalue weighted by molar-refractivity contribution is -0.143. The normalized spacial score (nSPS) is 32.5. The van der Waals surface area contributed by atoms with E-state index < -0.39 is 0 Å². The van der Waals surface area contributed by atoms with Crippen LogP contribution in [0.1, 0.15) is 63.7 Å². The number of ether oxygens (including phenoxy) is 2. The molecule has 3 rings (SSSR count). The standard InChI is InChI=1S/C23H32O4/c1-14-18(24)13-19-22(2,3)8-7-9-23(19,4)20(14)21(25)15-10-16(26-5)12-17(11-15)27-6/h10-12,14,19-20H,7-9,13H2,1-6H3/t14-,19?,20-,23+/m1/s1. The zero-order valence-corrected chi connectivity index (χ0v) is 17.4. The summed E-state index contributed by atoms with van der Waals surface area (Å²) in [5, 5.41) is 0. The quantitative estimate of drug-likeness (QED) is 0.702. The monoisotopic (exact) mass is 372 g/mol. The highest BCUT2D eigenvalue weighted by atomic mass is 16.5. The first-order valence-corrected chi connectivity index (χ1v) is 9.94. The Morgan fingerprint density at radius 1 is 1.04 bits per heavy atom. The van der Waals surface area contributed by atoms with E-state index in [4.69, 9.17) is 9.47 Å². The number of Topliss-reactive ketones (excluding diaryl/α,β-unsaturated/α-hetero) is 2. The van der Waals surface area contributed by atoms with Gasteiger partial charge in [-0.15, -0.1) is 0 Å². The predicted octanol–water partition coefficient (Wildman–Crippen LogP) is 4.94. The molecule has 0 radical (unpaired) electrons. The summed E-state index contributed by atoms with van der Waals surface area (Å²) in [5.74, 6) is 1.13. The molecule has 1 aromatic rings. The molecule has 2 aliphatic carbocycles. The van der Waals surface area contributed by atoms with E-state index >= 15 is 0 Å². The minimum Gasteiger partial charge on any atom is -0.497 e. The summed E-state index contributed by atoms with van der Waals surface area (Å²) in [6.07, 6.45) is 3.81. The van der Waals surface area contributed by atoms with Gasteiger partial charge in [-0.3, -0.25) is 9.59 Å². The van der Waals surface area contributed by atoms with Crippen LogP contribution in [0.2, 0.25) is 0 Å². The van der Waals surface area contributed by atoms with Crippen LogP contribution >= 0.6 is 0 Å². The second-order valence-electron chi connectivity index (χ2n) is 9.30. The van der Waals surface area contributed by atoms with Gasteiger partial charge in [-0.2, -0.15) is 0 Å². The summed E-state index contributed by atoms with van der Waals surface area (Å²) in [4.78, 5) is 26.6. The first kappa shape index (κ1) is 19.9. The number of benzene rings is 1. The van der Waals surface area contributed by atoms with E-state index in [-0.39, 0.29) is 40.2 Å². The highest BCUT2D eigenvalue weighted by molar-refractivity contribution is 6.02. The smallest absolute Gasteiger partial charge is 0.167 e. The maximum absolute atomic E-state index is 13.7. The van der Waals surface area contributed by atoms with Crippen LogP contribution in [0.3, 0.4) is 0 Å². The molecule has 0 saturated heterocycles. The van der Waals surface area contributed by atoms with Gasteiger partial charge >= 0.3 is 0 Å². The molecule has 27 heavy (non-hydrogen) atoms. The number of rotatable bonds is 4.